The highest BCUT2D eigenvalue weighted by molar-refractivity contribution is 6.03. The smallest absolute Gasteiger partial charge is 0.465 e. The molecule has 0 saturated carbocycles. The first-order chi connectivity index (χ1) is 9.16. The molecule has 108 valence electrons. The molecular formula is C10H7F3N2O5. The fourth-order valence-corrected chi connectivity index (χ4v) is 1.23. The molecule has 0 aliphatic heterocycles. The number of alkyl halides is 3. The third-order valence-corrected chi connectivity index (χ3v) is 2.12. The molecule has 20 heavy (non-hydrogen) atoms. The number of benzene rings is 1. The fourth-order valence-electron chi connectivity index (χ4n) is 1.23. The van der Waals surface area contributed by atoms with E-state index in [-0.39, 0.29) is 0 Å². The third-order valence-electron chi connectivity index (χ3n) is 2.12. The lowest BCUT2D eigenvalue weighted by Crippen LogP contribution is -2.30. The number of rotatable bonds is 3. The van der Waals surface area contributed by atoms with Crippen molar-refractivity contribution in [2.45, 2.75) is 6.18 Å². The predicted octanol–water partition coefficient (Wildman–Crippen LogP) is 1.88. The Kier molecular flexibility index (Phi) is 4.27. The number of methoxy groups -OCH3 is 1. The van der Waals surface area contributed by atoms with Crippen molar-refractivity contribution in [1.82, 2.24) is 0 Å². The summed E-state index contributed by atoms with van der Waals surface area (Å²) in [5.74, 6) is -3.40. The summed E-state index contributed by atoms with van der Waals surface area (Å²) >= 11 is 0. The van der Waals surface area contributed by atoms with Crippen molar-refractivity contribution in [3.05, 3.63) is 33.9 Å². The van der Waals surface area contributed by atoms with Gasteiger partial charge in [0.05, 0.1) is 23.3 Å². The Morgan fingerprint density at radius 2 is 1.95 bits per heavy atom. The first kappa shape index (κ1) is 15.4. The van der Waals surface area contributed by atoms with Crippen LogP contribution in [0.5, 0.6) is 0 Å². The van der Waals surface area contributed by atoms with Gasteiger partial charge in [0.25, 0.3) is 5.69 Å². The van der Waals surface area contributed by atoms with Gasteiger partial charge in [-0.15, -0.1) is 0 Å². The third kappa shape index (κ3) is 3.43. The second-order valence-corrected chi connectivity index (χ2v) is 3.43. The molecule has 0 saturated heterocycles. The molecule has 0 bridgehead atoms. The average Bonchev–Trinajstić information content (AvgIpc) is 2.36. The van der Waals surface area contributed by atoms with E-state index in [0.29, 0.717) is 6.07 Å². The zero-order valence-corrected chi connectivity index (χ0v) is 9.85. The van der Waals surface area contributed by atoms with E-state index in [1.807, 2.05) is 0 Å². The molecule has 1 aromatic carbocycles. The number of nitrogens with zero attached hydrogens (tertiary/aromatic N) is 1. The monoisotopic (exact) mass is 292 g/mol. The van der Waals surface area contributed by atoms with Crippen LogP contribution in [0.25, 0.3) is 0 Å². The maximum atomic E-state index is 12.1. The fraction of sp³-hybridized carbons (Fsp3) is 0.200. The van der Waals surface area contributed by atoms with Gasteiger partial charge in [0.15, 0.2) is 0 Å². The summed E-state index contributed by atoms with van der Waals surface area (Å²) in [6.45, 7) is 0. The molecule has 0 aliphatic rings. The van der Waals surface area contributed by atoms with Crippen LogP contribution in [0.3, 0.4) is 0 Å². The summed E-state index contributed by atoms with van der Waals surface area (Å²) in [4.78, 5) is 31.8. The molecule has 0 unspecified atom stereocenters. The summed E-state index contributed by atoms with van der Waals surface area (Å²) < 4.78 is 40.7. The SMILES string of the molecule is COC(=O)c1ccc([N+](=O)[O-])cc1NC(=O)C(F)(F)F. The predicted molar refractivity (Wildman–Crippen MR) is 59.1 cm³/mol. The van der Waals surface area contributed by atoms with E-state index in [9.17, 15) is 32.9 Å². The van der Waals surface area contributed by atoms with Gasteiger partial charge in [-0.05, 0) is 6.07 Å². The lowest BCUT2D eigenvalue weighted by Gasteiger charge is -2.11. The van der Waals surface area contributed by atoms with E-state index in [1.165, 1.54) is 5.32 Å². The highest BCUT2D eigenvalue weighted by atomic mass is 19.4. The van der Waals surface area contributed by atoms with Crippen LogP contribution < -0.4 is 5.32 Å². The molecule has 0 fully saturated rings. The molecule has 0 aliphatic carbocycles. The van der Waals surface area contributed by atoms with Gasteiger partial charge >= 0.3 is 18.1 Å². The number of carbonyl (C=O) groups excluding carboxylic acids is 2. The number of non-ortho nitro benzene ring substituents is 1. The summed E-state index contributed by atoms with van der Waals surface area (Å²) in [5, 5.41) is 11.9. The minimum Gasteiger partial charge on any atom is -0.465 e. The van der Waals surface area contributed by atoms with Gasteiger partial charge < -0.3 is 10.1 Å². The number of halogens is 3. The number of carbonyl (C=O) groups is 2. The van der Waals surface area contributed by atoms with Gasteiger partial charge in [-0.25, -0.2) is 4.79 Å². The molecule has 1 amide bonds. The molecule has 0 atom stereocenters. The van der Waals surface area contributed by atoms with Crippen molar-refractivity contribution in [3.8, 4) is 0 Å². The quantitative estimate of drug-likeness (QED) is 0.521. The molecule has 0 radical (unpaired) electrons. The molecule has 0 aromatic heterocycles. The van der Waals surface area contributed by atoms with Crippen molar-refractivity contribution in [3.63, 3.8) is 0 Å². The van der Waals surface area contributed by atoms with E-state index in [1.54, 1.807) is 0 Å². The van der Waals surface area contributed by atoms with Crippen molar-refractivity contribution in [2.24, 2.45) is 0 Å². The zero-order chi connectivity index (χ0) is 15.5. The Morgan fingerprint density at radius 1 is 1.35 bits per heavy atom. The Labute approximate surface area is 109 Å². The van der Waals surface area contributed by atoms with E-state index < -0.39 is 39.9 Å². The lowest BCUT2D eigenvalue weighted by atomic mass is 10.1. The number of hydrogen-bond donors (Lipinski definition) is 1. The summed E-state index contributed by atoms with van der Waals surface area (Å²) in [6.07, 6.45) is -5.20. The minimum absolute atomic E-state index is 0.435. The van der Waals surface area contributed by atoms with E-state index in [0.717, 1.165) is 19.2 Å². The van der Waals surface area contributed by atoms with Crippen LogP contribution in [0.15, 0.2) is 18.2 Å². The van der Waals surface area contributed by atoms with Crippen LogP contribution in [0.4, 0.5) is 24.5 Å². The van der Waals surface area contributed by atoms with Crippen LogP contribution in [0.2, 0.25) is 0 Å². The minimum atomic E-state index is -5.20. The maximum absolute atomic E-state index is 12.1. The number of nitrogens with one attached hydrogen (secondary N) is 1. The van der Waals surface area contributed by atoms with Gasteiger partial charge in [-0.1, -0.05) is 0 Å². The number of anilines is 1. The highest BCUT2D eigenvalue weighted by Crippen LogP contribution is 2.25. The van der Waals surface area contributed by atoms with Gasteiger partial charge in [0.2, 0.25) is 0 Å². The summed E-state index contributed by atoms with van der Waals surface area (Å²) in [7, 11) is 0.971. The normalized spacial score (nSPS) is 10.8. The zero-order valence-electron chi connectivity index (χ0n) is 9.85. The number of esters is 1. The van der Waals surface area contributed by atoms with Crippen LogP contribution >= 0.6 is 0 Å². The molecule has 0 heterocycles. The van der Waals surface area contributed by atoms with Crippen LogP contribution in [0, 0.1) is 10.1 Å². The average molecular weight is 292 g/mol. The lowest BCUT2D eigenvalue weighted by molar-refractivity contribution is -0.384. The number of ether oxygens (including phenoxy) is 1. The Morgan fingerprint density at radius 3 is 2.40 bits per heavy atom. The van der Waals surface area contributed by atoms with E-state index >= 15 is 0 Å². The molecule has 0 spiro atoms. The van der Waals surface area contributed by atoms with Crippen molar-refractivity contribution in [1.29, 1.82) is 0 Å². The van der Waals surface area contributed by atoms with E-state index in [4.69, 9.17) is 0 Å². The van der Waals surface area contributed by atoms with Gasteiger partial charge in [0.1, 0.15) is 0 Å². The van der Waals surface area contributed by atoms with Gasteiger partial charge in [-0.2, -0.15) is 13.2 Å². The van der Waals surface area contributed by atoms with Crippen molar-refractivity contribution in [2.75, 3.05) is 12.4 Å². The van der Waals surface area contributed by atoms with Gasteiger partial charge in [-0.3, -0.25) is 14.9 Å². The molecular weight excluding hydrogens is 285 g/mol. The largest absolute Gasteiger partial charge is 0.471 e. The van der Waals surface area contributed by atoms with Crippen LogP contribution in [-0.4, -0.2) is 30.1 Å². The Hall–Kier alpha value is -2.65. The number of amides is 1. The van der Waals surface area contributed by atoms with Crippen molar-refractivity contribution >= 4 is 23.3 Å². The molecule has 7 nitrogen and oxygen atoms in total. The summed E-state index contributed by atoms with van der Waals surface area (Å²) in [6, 6.07) is 2.42. The van der Waals surface area contributed by atoms with Gasteiger partial charge in [0, 0.05) is 12.1 Å². The number of nitro benzene ring substituents is 1. The first-order valence-electron chi connectivity index (χ1n) is 4.91. The number of hydrogen-bond acceptors (Lipinski definition) is 5. The topological polar surface area (TPSA) is 98.5 Å². The van der Waals surface area contributed by atoms with Crippen LogP contribution in [0.1, 0.15) is 10.4 Å². The molecule has 1 rings (SSSR count). The molecule has 1 aromatic rings. The van der Waals surface area contributed by atoms with Crippen molar-refractivity contribution < 1.29 is 32.4 Å². The Balaban J connectivity index is 3.25. The van der Waals surface area contributed by atoms with E-state index in [2.05, 4.69) is 4.74 Å². The summed E-state index contributed by atoms with van der Waals surface area (Å²) in [5.41, 5.74) is -1.68. The second-order valence-electron chi connectivity index (χ2n) is 3.43. The maximum Gasteiger partial charge on any atom is 0.471 e. The second kappa shape index (κ2) is 5.55. The van der Waals surface area contributed by atoms with Crippen LogP contribution in [-0.2, 0) is 9.53 Å². The molecule has 1 N–H and O–H groups in total. The Bertz CT molecular complexity index is 571. The first-order valence-corrected chi connectivity index (χ1v) is 4.91. The highest BCUT2D eigenvalue weighted by Gasteiger charge is 2.39. The number of nitro groups is 1. The molecule has 10 heteroatoms. The standard InChI is InChI=1S/C10H7F3N2O5/c1-20-8(16)6-3-2-5(15(18)19)4-7(6)14-9(17)10(11,12)13/h2-4H,1H3,(H,14,17).